The molecule has 1 unspecified atom stereocenters. The fourth-order valence-electron chi connectivity index (χ4n) is 2.24. The van der Waals surface area contributed by atoms with Gasteiger partial charge in [0.1, 0.15) is 5.92 Å². The lowest BCUT2D eigenvalue weighted by molar-refractivity contribution is -0.138. The third kappa shape index (κ3) is 2.14. The number of aromatic nitrogens is 1. The second-order valence-electron chi connectivity index (χ2n) is 4.48. The first-order chi connectivity index (χ1) is 9.56. The van der Waals surface area contributed by atoms with E-state index in [0.717, 1.165) is 10.9 Å². The van der Waals surface area contributed by atoms with Gasteiger partial charge in [0, 0.05) is 4.88 Å². The zero-order chi connectivity index (χ0) is 14.3. The van der Waals surface area contributed by atoms with Crippen molar-refractivity contribution in [2.45, 2.75) is 18.8 Å². The number of hydrogen-bond acceptors (Lipinski definition) is 4. The molecule has 0 amide bonds. The third-order valence-corrected chi connectivity index (χ3v) is 4.26. The number of carboxylic acids is 1. The molecule has 1 atom stereocenters. The summed E-state index contributed by atoms with van der Waals surface area (Å²) < 4.78 is 26.6. The largest absolute Gasteiger partial charge is 0.481 e. The van der Waals surface area contributed by atoms with Crippen LogP contribution in [0.5, 0.6) is 0 Å². The van der Waals surface area contributed by atoms with E-state index >= 15 is 0 Å². The minimum atomic E-state index is -0.974. The Balaban J connectivity index is 1.88. The van der Waals surface area contributed by atoms with Crippen LogP contribution in [0.3, 0.4) is 0 Å². The Labute approximate surface area is 117 Å². The van der Waals surface area contributed by atoms with E-state index in [2.05, 4.69) is 10.3 Å². The minimum absolute atomic E-state index is 0.00991. The number of anilines is 2. The lowest BCUT2D eigenvalue weighted by Crippen LogP contribution is -2.08. The monoisotopic (exact) mass is 296 g/mol. The number of halogens is 2. The molecule has 7 heteroatoms. The van der Waals surface area contributed by atoms with Gasteiger partial charge in [-0.2, -0.15) is 0 Å². The Bertz CT molecular complexity index is 687. The molecule has 1 aliphatic carbocycles. The topological polar surface area (TPSA) is 62.2 Å². The molecule has 0 saturated heterocycles. The summed E-state index contributed by atoms with van der Waals surface area (Å²) >= 11 is 1.28. The van der Waals surface area contributed by atoms with Gasteiger partial charge in [0.15, 0.2) is 16.8 Å². The van der Waals surface area contributed by atoms with Crippen LogP contribution in [0.25, 0.3) is 0 Å². The fraction of sp³-hybridized carbons (Fsp3) is 0.231. The Kier molecular flexibility index (Phi) is 3.13. The highest BCUT2D eigenvalue weighted by atomic mass is 32.1. The maximum Gasteiger partial charge on any atom is 0.312 e. The van der Waals surface area contributed by atoms with E-state index in [1.54, 1.807) is 0 Å². The molecule has 4 nitrogen and oxygen atoms in total. The van der Waals surface area contributed by atoms with Crippen LogP contribution in [0, 0.1) is 11.6 Å². The molecule has 0 aliphatic heterocycles. The number of fused-ring (bicyclic) bond motifs is 1. The molecule has 20 heavy (non-hydrogen) atoms. The van der Waals surface area contributed by atoms with E-state index in [4.69, 9.17) is 5.11 Å². The van der Waals surface area contributed by atoms with Crippen molar-refractivity contribution in [2.75, 3.05) is 5.32 Å². The molecule has 1 aliphatic rings. The number of aryl methyl sites for hydroxylation is 1. The number of nitrogens with zero attached hydrogens (tertiary/aromatic N) is 1. The van der Waals surface area contributed by atoms with Gasteiger partial charge >= 0.3 is 5.97 Å². The number of aliphatic carboxylic acids is 1. The second-order valence-corrected chi connectivity index (χ2v) is 5.57. The van der Waals surface area contributed by atoms with Gasteiger partial charge in [-0.1, -0.05) is 6.07 Å². The highest BCUT2D eigenvalue weighted by Gasteiger charge is 2.32. The predicted octanol–water partition coefficient (Wildman–Crippen LogP) is 3.28. The summed E-state index contributed by atoms with van der Waals surface area (Å²) in [5.74, 6) is -3.42. The average molecular weight is 296 g/mol. The summed E-state index contributed by atoms with van der Waals surface area (Å²) in [5, 5.41) is 12.2. The van der Waals surface area contributed by atoms with Crippen molar-refractivity contribution in [2.24, 2.45) is 0 Å². The molecular formula is C13H10F2N2O2S. The highest BCUT2D eigenvalue weighted by Crippen LogP contribution is 2.39. The van der Waals surface area contributed by atoms with Gasteiger partial charge in [0.2, 0.25) is 0 Å². The summed E-state index contributed by atoms with van der Waals surface area (Å²) in [6, 6.07) is 3.82. The zero-order valence-electron chi connectivity index (χ0n) is 10.2. The third-order valence-electron chi connectivity index (χ3n) is 3.21. The number of rotatable bonds is 3. The van der Waals surface area contributed by atoms with Gasteiger partial charge in [-0.15, -0.1) is 11.3 Å². The van der Waals surface area contributed by atoms with Gasteiger partial charge in [-0.3, -0.25) is 4.79 Å². The van der Waals surface area contributed by atoms with Crippen molar-refractivity contribution in [1.82, 2.24) is 4.98 Å². The second kappa shape index (κ2) is 4.82. The van der Waals surface area contributed by atoms with Crippen molar-refractivity contribution in [3.63, 3.8) is 0 Å². The smallest absolute Gasteiger partial charge is 0.312 e. The van der Waals surface area contributed by atoms with Gasteiger partial charge in [-0.05, 0) is 25.0 Å². The van der Waals surface area contributed by atoms with E-state index in [-0.39, 0.29) is 5.69 Å². The summed E-state index contributed by atoms with van der Waals surface area (Å²) in [6.45, 7) is 0. The molecule has 0 spiro atoms. The summed E-state index contributed by atoms with van der Waals surface area (Å²) in [4.78, 5) is 16.1. The quantitative estimate of drug-likeness (QED) is 0.912. The zero-order valence-corrected chi connectivity index (χ0v) is 11.0. The van der Waals surface area contributed by atoms with Crippen LogP contribution in [0.15, 0.2) is 18.2 Å². The molecule has 1 heterocycles. The number of benzene rings is 1. The molecular weight excluding hydrogens is 286 g/mol. The summed E-state index contributed by atoms with van der Waals surface area (Å²) in [7, 11) is 0. The molecule has 0 fully saturated rings. The molecule has 3 rings (SSSR count). The number of carboxylic acid groups (broad SMARTS) is 1. The molecule has 2 aromatic rings. The maximum absolute atomic E-state index is 13.5. The van der Waals surface area contributed by atoms with Crippen LogP contribution in [0.1, 0.15) is 22.9 Å². The van der Waals surface area contributed by atoms with E-state index in [9.17, 15) is 13.6 Å². The van der Waals surface area contributed by atoms with Crippen LogP contribution in [-0.2, 0) is 11.2 Å². The number of nitrogens with one attached hydrogen (secondary N) is 1. The summed E-state index contributed by atoms with van der Waals surface area (Å²) in [5.41, 5.74) is 0.520. The first-order valence-electron chi connectivity index (χ1n) is 5.99. The van der Waals surface area contributed by atoms with Crippen LogP contribution >= 0.6 is 11.3 Å². The molecule has 2 N–H and O–H groups in total. The number of hydrogen-bond donors (Lipinski definition) is 2. The molecule has 104 valence electrons. The summed E-state index contributed by atoms with van der Waals surface area (Å²) in [6.07, 6.45) is 1.19. The van der Waals surface area contributed by atoms with Crippen molar-refractivity contribution in [3.05, 3.63) is 40.4 Å². The van der Waals surface area contributed by atoms with Gasteiger partial charge in [0.05, 0.1) is 11.4 Å². The standard InChI is InChI=1S/C13H10F2N2O2S/c14-7-2-1-3-8(10(7)15)16-13-17-11-6(12(18)19)4-5-9(11)20-13/h1-3,6H,4-5H2,(H,16,17)(H,18,19). The van der Waals surface area contributed by atoms with Crippen molar-refractivity contribution in [3.8, 4) is 0 Å². The van der Waals surface area contributed by atoms with Gasteiger partial charge in [-0.25, -0.2) is 13.8 Å². The Hall–Kier alpha value is -2.02. The van der Waals surface area contributed by atoms with Gasteiger partial charge < -0.3 is 10.4 Å². The highest BCUT2D eigenvalue weighted by molar-refractivity contribution is 7.15. The van der Waals surface area contributed by atoms with Crippen molar-refractivity contribution >= 4 is 28.1 Å². The average Bonchev–Trinajstić information content (AvgIpc) is 2.94. The lowest BCUT2D eigenvalue weighted by atomic mass is 10.1. The van der Waals surface area contributed by atoms with Crippen LogP contribution in [0.2, 0.25) is 0 Å². The van der Waals surface area contributed by atoms with Gasteiger partial charge in [0.25, 0.3) is 0 Å². The molecule has 0 radical (unpaired) electrons. The maximum atomic E-state index is 13.5. The molecule has 0 bridgehead atoms. The van der Waals surface area contributed by atoms with Crippen LogP contribution in [0.4, 0.5) is 19.6 Å². The molecule has 1 aromatic carbocycles. The predicted molar refractivity (Wildman–Crippen MR) is 70.5 cm³/mol. The van der Waals surface area contributed by atoms with Crippen LogP contribution in [-0.4, -0.2) is 16.1 Å². The molecule has 0 saturated carbocycles. The Morgan fingerprint density at radius 3 is 3.00 bits per heavy atom. The normalized spacial score (nSPS) is 17.0. The van der Waals surface area contributed by atoms with E-state index in [0.29, 0.717) is 23.7 Å². The van der Waals surface area contributed by atoms with E-state index in [1.165, 1.54) is 23.5 Å². The Morgan fingerprint density at radius 2 is 2.25 bits per heavy atom. The van der Waals surface area contributed by atoms with Crippen molar-refractivity contribution < 1.29 is 18.7 Å². The number of carbonyl (C=O) groups is 1. The minimum Gasteiger partial charge on any atom is -0.481 e. The Morgan fingerprint density at radius 1 is 1.45 bits per heavy atom. The number of thiazole rings is 1. The van der Waals surface area contributed by atoms with Crippen molar-refractivity contribution in [1.29, 1.82) is 0 Å². The first kappa shape index (κ1) is 13.0. The first-order valence-corrected chi connectivity index (χ1v) is 6.81. The lowest BCUT2D eigenvalue weighted by Gasteiger charge is -2.05. The molecule has 1 aromatic heterocycles. The van der Waals surface area contributed by atoms with E-state index in [1.807, 2.05) is 0 Å². The SMILES string of the molecule is O=C(O)C1CCc2sc(Nc3cccc(F)c3F)nc21. The fourth-order valence-corrected chi connectivity index (χ4v) is 3.29. The van der Waals surface area contributed by atoms with E-state index < -0.39 is 23.5 Å². The van der Waals surface area contributed by atoms with Crippen LogP contribution < -0.4 is 5.32 Å².